The lowest BCUT2D eigenvalue weighted by molar-refractivity contribution is -0.175. The van der Waals surface area contributed by atoms with Gasteiger partial charge in [-0.2, -0.15) is 13.2 Å². The van der Waals surface area contributed by atoms with Crippen LogP contribution in [0.5, 0.6) is 0 Å². The molecule has 0 rings (SSSR count). The van der Waals surface area contributed by atoms with Crippen molar-refractivity contribution in [3.05, 3.63) is 0 Å². The fourth-order valence-corrected chi connectivity index (χ4v) is 1.55. The molecule has 0 aromatic rings. The average molecular weight is 271 g/mol. The van der Waals surface area contributed by atoms with Gasteiger partial charge in [0.1, 0.15) is 13.2 Å². The number of rotatable bonds is 7. The number of carbonyl (C=O) groups excluding carboxylic acids is 1. The Morgan fingerprint density at radius 1 is 1.39 bits per heavy atom. The molecule has 0 saturated carbocycles. The highest BCUT2D eigenvalue weighted by Gasteiger charge is 2.28. The van der Waals surface area contributed by atoms with Gasteiger partial charge in [0.15, 0.2) is 0 Å². The Morgan fingerprint density at radius 2 is 1.94 bits per heavy atom. The molecule has 0 fully saturated rings. The second-order valence-corrected chi connectivity index (χ2v) is 4.98. The number of carbonyl (C=O) groups is 1. The number of hydrogen-bond donors (Lipinski definition) is 2. The van der Waals surface area contributed by atoms with Crippen LogP contribution in [0.25, 0.3) is 0 Å². The van der Waals surface area contributed by atoms with Crippen molar-refractivity contribution in [3.63, 3.8) is 0 Å². The van der Waals surface area contributed by atoms with E-state index in [2.05, 4.69) is 10.1 Å². The van der Waals surface area contributed by atoms with Gasteiger partial charge in [0.05, 0.1) is 5.60 Å². The SMILES string of the molecule is CC(C)CC(C)(O)CNC(=O)COCC(F)(F)F. The maximum absolute atomic E-state index is 11.7. The average Bonchev–Trinajstić information content (AvgIpc) is 2.10. The first-order chi connectivity index (χ1) is 8.02. The lowest BCUT2D eigenvalue weighted by atomic mass is 9.94. The number of hydrogen-bond acceptors (Lipinski definition) is 3. The summed E-state index contributed by atoms with van der Waals surface area (Å²) in [7, 11) is 0. The van der Waals surface area contributed by atoms with E-state index in [1.807, 2.05) is 13.8 Å². The van der Waals surface area contributed by atoms with Gasteiger partial charge in [-0.05, 0) is 19.3 Å². The molecular weight excluding hydrogens is 251 g/mol. The van der Waals surface area contributed by atoms with Crippen LogP contribution < -0.4 is 5.32 Å². The molecule has 108 valence electrons. The first-order valence-electron chi connectivity index (χ1n) is 5.65. The zero-order valence-corrected chi connectivity index (χ0v) is 10.8. The van der Waals surface area contributed by atoms with Crippen molar-refractivity contribution in [1.29, 1.82) is 0 Å². The van der Waals surface area contributed by atoms with Crippen LogP contribution in [0.1, 0.15) is 27.2 Å². The van der Waals surface area contributed by atoms with E-state index >= 15 is 0 Å². The minimum Gasteiger partial charge on any atom is -0.388 e. The third kappa shape index (κ3) is 10.3. The van der Waals surface area contributed by atoms with Gasteiger partial charge >= 0.3 is 6.18 Å². The number of amides is 1. The molecule has 0 spiro atoms. The summed E-state index contributed by atoms with van der Waals surface area (Å²) in [5, 5.41) is 12.2. The van der Waals surface area contributed by atoms with E-state index < -0.39 is 30.9 Å². The summed E-state index contributed by atoms with van der Waals surface area (Å²) in [5.74, 6) is -0.429. The Bertz CT molecular complexity index is 265. The summed E-state index contributed by atoms with van der Waals surface area (Å²) < 4.78 is 39.4. The number of alkyl halides is 3. The van der Waals surface area contributed by atoms with Crippen LogP contribution in [0.15, 0.2) is 0 Å². The summed E-state index contributed by atoms with van der Waals surface area (Å²) in [4.78, 5) is 11.1. The largest absolute Gasteiger partial charge is 0.411 e. The van der Waals surface area contributed by atoms with Gasteiger partial charge in [-0.25, -0.2) is 0 Å². The zero-order chi connectivity index (χ0) is 14.4. The molecule has 0 aromatic carbocycles. The highest BCUT2D eigenvalue weighted by atomic mass is 19.4. The van der Waals surface area contributed by atoms with Crippen molar-refractivity contribution in [2.45, 2.75) is 39.0 Å². The monoisotopic (exact) mass is 271 g/mol. The molecule has 0 aliphatic heterocycles. The summed E-state index contributed by atoms with van der Waals surface area (Å²) in [6.07, 6.45) is -3.96. The molecule has 0 bridgehead atoms. The van der Waals surface area contributed by atoms with Gasteiger partial charge in [0.25, 0.3) is 0 Å². The van der Waals surface area contributed by atoms with E-state index in [1.54, 1.807) is 6.92 Å². The summed E-state index contributed by atoms with van der Waals surface area (Å²) in [5.41, 5.74) is -1.08. The lowest BCUT2D eigenvalue weighted by Gasteiger charge is -2.25. The first-order valence-corrected chi connectivity index (χ1v) is 5.65. The van der Waals surface area contributed by atoms with Crippen LogP contribution in [0.2, 0.25) is 0 Å². The number of ether oxygens (including phenoxy) is 1. The molecule has 0 aliphatic rings. The van der Waals surface area contributed by atoms with E-state index in [9.17, 15) is 23.1 Å². The van der Waals surface area contributed by atoms with Gasteiger partial charge in [-0.15, -0.1) is 0 Å². The van der Waals surface area contributed by atoms with Gasteiger partial charge in [-0.1, -0.05) is 13.8 Å². The van der Waals surface area contributed by atoms with Crippen LogP contribution in [0.3, 0.4) is 0 Å². The Morgan fingerprint density at radius 3 is 2.39 bits per heavy atom. The van der Waals surface area contributed by atoms with Crippen molar-refractivity contribution in [1.82, 2.24) is 5.32 Å². The summed E-state index contributed by atoms with van der Waals surface area (Å²) >= 11 is 0. The highest BCUT2D eigenvalue weighted by Crippen LogP contribution is 2.15. The second kappa shape index (κ2) is 6.94. The minimum absolute atomic E-state index is 0.0145. The number of aliphatic hydroxyl groups is 1. The summed E-state index contributed by atoms with van der Waals surface area (Å²) in [6, 6.07) is 0. The number of nitrogens with one attached hydrogen (secondary N) is 1. The fraction of sp³-hybridized carbons (Fsp3) is 0.909. The van der Waals surface area contributed by atoms with Crippen LogP contribution in [0, 0.1) is 5.92 Å². The normalized spacial score (nSPS) is 15.6. The Hall–Kier alpha value is -0.820. The molecule has 1 amide bonds. The maximum Gasteiger partial charge on any atom is 0.411 e. The third-order valence-electron chi connectivity index (χ3n) is 2.01. The maximum atomic E-state index is 11.7. The molecular formula is C11H20F3NO3. The van der Waals surface area contributed by atoms with Gasteiger partial charge < -0.3 is 15.2 Å². The summed E-state index contributed by atoms with van der Waals surface area (Å²) in [6.45, 7) is 3.26. The van der Waals surface area contributed by atoms with Gasteiger partial charge in [0, 0.05) is 6.54 Å². The van der Waals surface area contributed by atoms with Crippen molar-refractivity contribution in [2.75, 3.05) is 19.8 Å². The minimum atomic E-state index is -4.44. The first kappa shape index (κ1) is 17.2. The standard InChI is InChI=1S/C11H20F3NO3/c1-8(2)4-10(3,17)6-15-9(16)5-18-7-11(12,13)14/h8,17H,4-7H2,1-3H3,(H,15,16). The van der Waals surface area contributed by atoms with Crippen LogP contribution in [-0.2, 0) is 9.53 Å². The van der Waals surface area contributed by atoms with Crippen LogP contribution in [-0.4, -0.2) is 42.5 Å². The topological polar surface area (TPSA) is 58.6 Å². The molecule has 7 heteroatoms. The van der Waals surface area contributed by atoms with E-state index in [0.29, 0.717) is 6.42 Å². The Labute approximate surface area is 105 Å². The van der Waals surface area contributed by atoms with Crippen molar-refractivity contribution in [2.24, 2.45) is 5.92 Å². The van der Waals surface area contributed by atoms with Crippen molar-refractivity contribution >= 4 is 5.91 Å². The highest BCUT2D eigenvalue weighted by molar-refractivity contribution is 5.77. The van der Waals surface area contributed by atoms with E-state index in [-0.39, 0.29) is 12.5 Å². The molecule has 2 N–H and O–H groups in total. The van der Waals surface area contributed by atoms with Gasteiger partial charge in [0.2, 0.25) is 5.91 Å². The molecule has 0 saturated heterocycles. The quantitative estimate of drug-likeness (QED) is 0.737. The molecule has 0 aliphatic carbocycles. The molecule has 18 heavy (non-hydrogen) atoms. The molecule has 0 aromatic heterocycles. The second-order valence-electron chi connectivity index (χ2n) is 4.98. The number of halogens is 3. The Balaban J connectivity index is 3.83. The van der Waals surface area contributed by atoms with E-state index in [1.165, 1.54) is 0 Å². The Kier molecular flexibility index (Phi) is 6.62. The molecule has 1 unspecified atom stereocenters. The third-order valence-corrected chi connectivity index (χ3v) is 2.01. The molecule has 4 nitrogen and oxygen atoms in total. The van der Waals surface area contributed by atoms with Gasteiger partial charge in [-0.3, -0.25) is 4.79 Å². The van der Waals surface area contributed by atoms with Crippen LogP contribution in [0.4, 0.5) is 13.2 Å². The predicted octanol–water partition coefficient (Wildman–Crippen LogP) is 1.48. The smallest absolute Gasteiger partial charge is 0.388 e. The predicted molar refractivity (Wildman–Crippen MR) is 60.0 cm³/mol. The molecule has 1 atom stereocenters. The molecule has 0 radical (unpaired) electrons. The van der Waals surface area contributed by atoms with E-state index in [4.69, 9.17) is 0 Å². The molecule has 0 heterocycles. The lowest BCUT2D eigenvalue weighted by Crippen LogP contribution is -2.42. The van der Waals surface area contributed by atoms with Crippen molar-refractivity contribution in [3.8, 4) is 0 Å². The zero-order valence-electron chi connectivity index (χ0n) is 10.8. The fourth-order valence-electron chi connectivity index (χ4n) is 1.55. The van der Waals surface area contributed by atoms with Crippen LogP contribution >= 0.6 is 0 Å². The van der Waals surface area contributed by atoms with Crippen molar-refractivity contribution < 1.29 is 27.8 Å². The van der Waals surface area contributed by atoms with E-state index in [0.717, 1.165) is 0 Å².